The second-order valence-corrected chi connectivity index (χ2v) is 5.00. The summed E-state index contributed by atoms with van der Waals surface area (Å²) in [5.41, 5.74) is 0.373. The SMILES string of the molecule is O=C(NCC1CC1)N[C@@H](C(=O)O)c1ccccc1Cl. The lowest BCUT2D eigenvalue weighted by Gasteiger charge is -2.16. The summed E-state index contributed by atoms with van der Waals surface area (Å²) in [4.78, 5) is 22.9. The fourth-order valence-corrected chi connectivity index (χ4v) is 1.97. The van der Waals surface area contributed by atoms with Crippen molar-refractivity contribution in [3.05, 3.63) is 34.9 Å². The Bertz CT molecular complexity index is 489. The molecule has 2 amide bonds. The fourth-order valence-electron chi connectivity index (χ4n) is 1.72. The second kappa shape index (κ2) is 5.93. The molecule has 0 heterocycles. The largest absolute Gasteiger partial charge is 0.479 e. The molecule has 1 atom stereocenters. The number of amides is 2. The van der Waals surface area contributed by atoms with Gasteiger partial charge in [-0.05, 0) is 24.8 Å². The Hall–Kier alpha value is -1.75. The molecule has 1 aromatic carbocycles. The van der Waals surface area contributed by atoms with Crippen LogP contribution in [0.3, 0.4) is 0 Å². The molecule has 0 radical (unpaired) electrons. The predicted octanol–water partition coefficient (Wildman–Crippen LogP) is 2.17. The average Bonchev–Trinajstić information content (AvgIpc) is 3.18. The van der Waals surface area contributed by atoms with Gasteiger partial charge in [-0.25, -0.2) is 9.59 Å². The number of urea groups is 1. The van der Waals surface area contributed by atoms with E-state index in [1.54, 1.807) is 24.3 Å². The Kier molecular flexibility index (Phi) is 4.27. The third-order valence-corrected chi connectivity index (χ3v) is 3.33. The number of aliphatic carboxylic acids is 1. The van der Waals surface area contributed by atoms with E-state index in [4.69, 9.17) is 11.6 Å². The molecule has 5 nitrogen and oxygen atoms in total. The quantitative estimate of drug-likeness (QED) is 0.774. The van der Waals surface area contributed by atoms with Crippen LogP contribution in [-0.4, -0.2) is 23.7 Å². The van der Waals surface area contributed by atoms with Gasteiger partial charge in [0.1, 0.15) is 0 Å². The van der Waals surface area contributed by atoms with E-state index in [1.165, 1.54) is 0 Å². The molecule has 1 aliphatic carbocycles. The number of carboxylic acids is 1. The van der Waals surface area contributed by atoms with Crippen LogP contribution in [0.2, 0.25) is 5.02 Å². The number of carbonyl (C=O) groups excluding carboxylic acids is 1. The molecular weight excluding hydrogens is 268 g/mol. The lowest BCUT2D eigenvalue weighted by atomic mass is 10.1. The Labute approximate surface area is 116 Å². The summed E-state index contributed by atoms with van der Waals surface area (Å²) in [6, 6.07) is 4.93. The number of nitrogens with one attached hydrogen (secondary N) is 2. The van der Waals surface area contributed by atoms with Gasteiger partial charge in [-0.1, -0.05) is 29.8 Å². The van der Waals surface area contributed by atoms with Gasteiger partial charge in [0.05, 0.1) is 0 Å². The fraction of sp³-hybridized carbons (Fsp3) is 0.385. The molecule has 0 unspecified atom stereocenters. The number of benzene rings is 1. The molecule has 1 aromatic rings. The highest BCUT2D eigenvalue weighted by molar-refractivity contribution is 6.31. The topological polar surface area (TPSA) is 78.4 Å². The summed E-state index contributed by atoms with van der Waals surface area (Å²) in [6.45, 7) is 0.584. The van der Waals surface area contributed by atoms with Crippen molar-refractivity contribution in [2.45, 2.75) is 18.9 Å². The van der Waals surface area contributed by atoms with Gasteiger partial charge in [-0.3, -0.25) is 0 Å². The first-order chi connectivity index (χ1) is 9.08. The van der Waals surface area contributed by atoms with E-state index in [0.29, 0.717) is 23.0 Å². The van der Waals surface area contributed by atoms with Gasteiger partial charge in [0.25, 0.3) is 0 Å². The highest BCUT2D eigenvalue weighted by atomic mass is 35.5. The Morgan fingerprint density at radius 1 is 1.37 bits per heavy atom. The van der Waals surface area contributed by atoms with Gasteiger partial charge >= 0.3 is 12.0 Å². The Morgan fingerprint density at radius 3 is 2.63 bits per heavy atom. The van der Waals surface area contributed by atoms with E-state index < -0.39 is 18.0 Å². The Morgan fingerprint density at radius 2 is 2.05 bits per heavy atom. The van der Waals surface area contributed by atoms with Crippen LogP contribution in [0.15, 0.2) is 24.3 Å². The van der Waals surface area contributed by atoms with Crippen molar-refractivity contribution < 1.29 is 14.7 Å². The minimum atomic E-state index is -1.15. The van der Waals surface area contributed by atoms with Crippen LogP contribution in [-0.2, 0) is 4.79 Å². The number of carbonyl (C=O) groups is 2. The van der Waals surface area contributed by atoms with E-state index in [0.717, 1.165) is 12.8 Å². The summed E-state index contributed by atoms with van der Waals surface area (Å²) in [5.74, 6) is -0.607. The van der Waals surface area contributed by atoms with Crippen molar-refractivity contribution in [2.24, 2.45) is 5.92 Å². The third kappa shape index (κ3) is 3.86. The first-order valence-corrected chi connectivity index (χ1v) is 6.47. The zero-order valence-electron chi connectivity index (χ0n) is 10.2. The lowest BCUT2D eigenvalue weighted by Crippen LogP contribution is -2.41. The van der Waals surface area contributed by atoms with E-state index in [-0.39, 0.29) is 0 Å². The molecule has 102 valence electrons. The smallest absolute Gasteiger partial charge is 0.331 e. The summed E-state index contributed by atoms with van der Waals surface area (Å²) in [7, 11) is 0. The number of hydrogen-bond acceptors (Lipinski definition) is 2. The minimum Gasteiger partial charge on any atom is -0.479 e. The average molecular weight is 283 g/mol. The number of halogens is 1. The van der Waals surface area contributed by atoms with Crippen LogP contribution >= 0.6 is 11.6 Å². The van der Waals surface area contributed by atoms with Crippen molar-refractivity contribution in [1.82, 2.24) is 10.6 Å². The van der Waals surface area contributed by atoms with Crippen molar-refractivity contribution in [3.63, 3.8) is 0 Å². The summed E-state index contributed by atoms with van der Waals surface area (Å²) in [6.07, 6.45) is 2.24. The van der Waals surface area contributed by atoms with Crippen LogP contribution in [0.5, 0.6) is 0 Å². The maximum absolute atomic E-state index is 11.6. The maximum atomic E-state index is 11.6. The van der Waals surface area contributed by atoms with Crippen LogP contribution in [0.25, 0.3) is 0 Å². The molecule has 6 heteroatoms. The lowest BCUT2D eigenvalue weighted by molar-refractivity contribution is -0.139. The molecule has 1 aliphatic rings. The summed E-state index contributed by atoms with van der Waals surface area (Å²) < 4.78 is 0. The van der Waals surface area contributed by atoms with E-state index in [2.05, 4.69) is 10.6 Å². The number of hydrogen-bond donors (Lipinski definition) is 3. The van der Waals surface area contributed by atoms with Crippen molar-refractivity contribution in [3.8, 4) is 0 Å². The van der Waals surface area contributed by atoms with Gasteiger partial charge < -0.3 is 15.7 Å². The minimum absolute atomic E-state index is 0.317. The second-order valence-electron chi connectivity index (χ2n) is 4.59. The first kappa shape index (κ1) is 13.7. The van der Waals surface area contributed by atoms with Crippen molar-refractivity contribution >= 4 is 23.6 Å². The van der Waals surface area contributed by atoms with Crippen molar-refractivity contribution in [2.75, 3.05) is 6.54 Å². The standard InChI is InChI=1S/C13H15ClN2O3/c14-10-4-2-1-3-9(10)11(12(17)18)16-13(19)15-7-8-5-6-8/h1-4,8,11H,5-7H2,(H,17,18)(H2,15,16,19)/t11-/m1/s1. The van der Waals surface area contributed by atoms with E-state index in [9.17, 15) is 14.7 Å². The number of rotatable bonds is 5. The third-order valence-electron chi connectivity index (χ3n) is 2.99. The van der Waals surface area contributed by atoms with Gasteiger partial charge in [0.15, 0.2) is 6.04 Å². The molecule has 1 saturated carbocycles. The summed E-state index contributed by atoms with van der Waals surface area (Å²) in [5, 5.41) is 14.6. The molecule has 0 aromatic heterocycles. The molecule has 2 rings (SSSR count). The Balaban J connectivity index is 2.01. The van der Waals surface area contributed by atoms with E-state index in [1.807, 2.05) is 0 Å². The van der Waals surface area contributed by atoms with Gasteiger partial charge in [0, 0.05) is 17.1 Å². The van der Waals surface area contributed by atoms with Crippen molar-refractivity contribution in [1.29, 1.82) is 0 Å². The normalized spacial score (nSPS) is 15.6. The molecular formula is C13H15ClN2O3. The molecule has 3 N–H and O–H groups in total. The molecule has 0 saturated heterocycles. The van der Waals surface area contributed by atoms with Crippen LogP contribution in [0.1, 0.15) is 24.4 Å². The van der Waals surface area contributed by atoms with Crippen LogP contribution in [0, 0.1) is 5.92 Å². The zero-order valence-corrected chi connectivity index (χ0v) is 11.0. The zero-order chi connectivity index (χ0) is 13.8. The van der Waals surface area contributed by atoms with Crippen LogP contribution in [0.4, 0.5) is 4.79 Å². The van der Waals surface area contributed by atoms with Gasteiger partial charge in [-0.2, -0.15) is 0 Å². The highest BCUT2D eigenvalue weighted by Crippen LogP contribution is 2.27. The van der Waals surface area contributed by atoms with Gasteiger partial charge in [0.2, 0.25) is 0 Å². The maximum Gasteiger partial charge on any atom is 0.331 e. The predicted molar refractivity (Wildman–Crippen MR) is 71.1 cm³/mol. The van der Waals surface area contributed by atoms with Crippen LogP contribution < -0.4 is 10.6 Å². The molecule has 0 bridgehead atoms. The summed E-state index contributed by atoms with van der Waals surface area (Å²) >= 11 is 5.95. The van der Waals surface area contributed by atoms with Gasteiger partial charge in [-0.15, -0.1) is 0 Å². The number of carboxylic acid groups (broad SMARTS) is 1. The molecule has 0 aliphatic heterocycles. The monoisotopic (exact) mass is 282 g/mol. The first-order valence-electron chi connectivity index (χ1n) is 6.09. The molecule has 0 spiro atoms. The van der Waals surface area contributed by atoms with E-state index >= 15 is 0 Å². The highest BCUT2D eigenvalue weighted by Gasteiger charge is 2.26. The molecule has 1 fully saturated rings. The molecule has 19 heavy (non-hydrogen) atoms.